The van der Waals surface area contributed by atoms with Crippen molar-refractivity contribution in [2.45, 2.75) is 44.8 Å². The molecule has 1 fully saturated rings. The van der Waals surface area contributed by atoms with Crippen LogP contribution in [0.1, 0.15) is 38.2 Å². The van der Waals surface area contributed by atoms with Crippen molar-refractivity contribution in [3.63, 3.8) is 0 Å². The summed E-state index contributed by atoms with van der Waals surface area (Å²) in [5.74, 6) is 1.51. The third kappa shape index (κ3) is 4.21. The Bertz CT molecular complexity index is 468. The highest BCUT2D eigenvalue weighted by atomic mass is 16.5. The molecule has 2 unspecified atom stereocenters. The molecule has 0 aliphatic carbocycles. The van der Waals surface area contributed by atoms with Gasteiger partial charge in [0.2, 0.25) is 5.91 Å². The van der Waals surface area contributed by atoms with Gasteiger partial charge in [0.05, 0.1) is 12.1 Å². The van der Waals surface area contributed by atoms with E-state index in [1.807, 2.05) is 40.1 Å². The molecule has 1 saturated heterocycles. The number of nitrogens with one attached hydrogen (secondary N) is 1. The standard InChI is InChI=1S/C17H26N2O2/c1-12(2)21-15-7-5-13(6-8-15)14-9-10-18-16(11-14)17(20)19(3)4/h5-8,12,14,16,18H,9-11H2,1-4H3. The quantitative estimate of drug-likeness (QED) is 0.926. The van der Waals surface area contributed by atoms with Gasteiger partial charge >= 0.3 is 0 Å². The second kappa shape index (κ2) is 6.94. The number of amides is 1. The summed E-state index contributed by atoms with van der Waals surface area (Å²) in [7, 11) is 3.62. The lowest BCUT2D eigenvalue weighted by Crippen LogP contribution is -2.47. The third-order valence-corrected chi connectivity index (χ3v) is 3.87. The van der Waals surface area contributed by atoms with Gasteiger partial charge in [0, 0.05) is 14.1 Å². The molecule has 1 heterocycles. The van der Waals surface area contributed by atoms with E-state index in [4.69, 9.17) is 4.74 Å². The minimum atomic E-state index is -0.0645. The first-order valence-corrected chi connectivity index (χ1v) is 7.68. The van der Waals surface area contributed by atoms with Gasteiger partial charge in [-0.05, 0) is 56.8 Å². The van der Waals surface area contributed by atoms with Crippen LogP contribution < -0.4 is 10.1 Å². The van der Waals surface area contributed by atoms with Gasteiger partial charge < -0.3 is 15.0 Å². The Kier molecular flexibility index (Phi) is 5.23. The number of likely N-dealkylation sites (N-methyl/N-ethyl adjacent to an activating group) is 1. The van der Waals surface area contributed by atoms with Crippen LogP contribution in [0.15, 0.2) is 24.3 Å². The van der Waals surface area contributed by atoms with Crippen molar-refractivity contribution in [1.82, 2.24) is 10.2 Å². The summed E-state index contributed by atoms with van der Waals surface area (Å²) in [6.07, 6.45) is 2.13. The first-order valence-electron chi connectivity index (χ1n) is 7.68. The van der Waals surface area contributed by atoms with E-state index in [1.165, 1.54) is 5.56 Å². The largest absolute Gasteiger partial charge is 0.491 e. The van der Waals surface area contributed by atoms with Crippen LogP contribution >= 0.6 is 0 Å². The molecule has 116 valence electrons. The highest BCUT2D eigenvalue weighted by Gasteiger charge is 2.28. The summed E-state index contributed by atoms with van der Waals surface area (Å²) >= 11 is 0. The molecular formula is C17H26N2O2. The van der Waals surface area contributed by atoms with E-state index in [0.717, 1.165) is 25.1 Å². The molecule has 1 aromatic rings. The number of rotatable bonds is 4. The number of benzene rings is 1. The molecule has 0 spiro atoms. The van der Waals surface area contributed by atoms with Crippen LogP contribution in [0, 0.1) is 0 Å². The van der Waals surface area contributed by atoms with Gasteiger partial charge in [-0.25, -0.2) is 0 Å². The Morgan fingerprint density at radius 3 is 2.52 bits per heavy atom. The lowest BCUT2D eigenvalue weighted by atomic mass is 9.86. The SMILES string of the molecule is CC(C)Oc1ccc(C2CCNC(C(=O)N(C)C)C2)cc1. The van der Waals surface area contributed by atoms with E-state index >= 15 is 0 Å². The van der Waals surface area contributed by atoms with E-state index in [9.17, 15) is 4.79 Å². The van der Waals surface area contributed by atoms with Crippen molar-refractivity contribution in [2.75, 3.05) is 20.6 Å². The predicted octanol–water partition coefficient (Wildman–Crippen LogP) is 2.40. The number of hydrogen-bond donors (Lipinski definition) is 1. The minimum absolute atomic E-state index is 0.0645. The zero-order valence-electron chi connectivity index (χ0n) is 13.4. The molecule has 0 aromatic heterocycles. The van der Waals surface area contributed by atoms with Crippen molar-refractivity contribution in [3.05, 3.63) is 29.8 Å². The van der Waals surface area contributed by atoms with E-state index in [0.29, 0.717) is 5.92 Å². The molecule has 1 amide bonds. The summed E-state index contributed by atoms with van der Waals surface area (Å²) < 4.78 is 5.67. The molecule has 0 saturated carbocycles. The third-order valence-electron chi connectivity index (χ3n) is 3.87. The fraction of sp³-hybridized carbons (Fsp3) is 0.588. The lowest BCUT2D eigenvalue weighted by molar-refractivity contribution is -0.131. The Morgan fingerprint density at radius 1 is 1.29 bits per heavy atom. The van der Waals surface area contributed by atoms with Gasteiger partial charge in [-0.2, -0.15) is 0 Å². The zero-order valence-corrected chi connectivity index (χ0v) is 13.4. The summed E-state index contributed by atoms with van der Waals surface area (Å²) in [6, 6.07) is 8.25. The second-order valence-corrected chi connectivity index (χ2v) is 6.20. The Labute approximate surface area is 127 Å². The van der Waals surface area contributed by atoms with Crippen molar-refractivity contribution in [1.29, 1.82) is 0 Å². The molecule has 4 nitrogen and oxygen atoms in total. The van der Waals surface area contributed by atoms with Crippen LogP contribution in [0.5, 0.6) is 5.75 Å². The number of ether oxygens (including phenoxy) is 1. The first kappa shape index (κ1) is 15.8. The molecule has 1 aromatic carbocycles. The predicted molar refractivity (Wildman–Crippen MR) is 84.7 cm³/mol. The molecule has 2 rings (SSSR count). The van der Waals surface area contributed by atoms with Crippen molar-refractivity contribution in [3.8, 4) is 5.75 Å². The minimum Gasteiger partial charge on any atom is -0.491 e. The van der Waals surface area contributed by atoms with Crippen molar-refractivity contribution in [2.24, 2.45) is 0 Å². The van der Waals surface area contributed by atoms with E-state index < -0.39 is 0 Å². The Balaban J connectivity index is 2.02. The van der Waals surface area contributed by atoms with Crippen LogP contribution in [0.2, 0.25) is 0 Å². The number of hydrogen-bond acceptors (Lipinski definition) is 3. The maximum Gasteiger partial charge on any atom is 0.239 e. The zero-order chi connectivity index (χ0) is 15.4. The highest BCUT2D eigenvalue weighted by Crippen LogP contribution is 2.29. The molecule has 4 heteroatoms. The van der Waals surface area contributed by atoms with Gasteiger partial charge in [0.25, 0.3) is 0 Å². The number of carbonyl (C=O) groups is 1. The van der Waals surface area contributed by atoms with Crippen LogP contribution in [-0.2, 0) is 4.79 Å². The molecule has 21 heavy (non-hydrogen) atoms. The highest BCUT2D eigenvalue weighted by molar-refractivity contribution is 5.81. The maximum atomic E-state index is 12.1. The fourth-order valence-electron chi connectivity index (χ4n) is 2.81. The van der Waals surface area contributed by atoms with Crippen molar-refractivity contribution < 1.29 is 9.53 Å². The lowest BCUT2D eigenvalue weighted by Gasteiger charge is -2.31. The number of carbonyl (C=O) groups excluding carboxylic acids is 1. The topological polar surface area (TPSA) is 41.6 Å². The van der Waals surface area contributed by atoms with Crippen LogP contribution in [0.25, 0.3) is 0 Å². The van der Waals surface area contributed by atoms with Gasteiger partial charge in [0.15, 0.2) is 0 Å². The normalized spacial score (nSPS) is 22.1. The molecule has 0 bridgehead atoms. The molecule has 1 aliphatic heterocycles. The first-order chi connectivity index (χ1) is 9.97. The second-order valence-electron chi connectivity index (χ2n) is 6.20. The molecule has 2 atom stereocenters. The maximum absolute atomic E-state index is 12.1. The molecular weight excluding hydrogens is 264 g/mol. The van der Waals surface area contributed by atoms with Gasteiger partial charge in [0.1, 0.15) is 5.75 Å². The van der Waals surface area contributed by atoms with Crippen molar-refractivity contribution >= 4 is 5.91 Å². The van der Waals surface area contributed by atoms with Crippen LogP contribution in [0.3, 0.4) is 0 Å². The summed E-state index contributed by atoms with van der Waals surface area (Å²) in [6.45, 7) is 4.94. The summed E-state index contributed by atoms with van der Waals surface area (Å²) in [4.78, 5) is 13.8. The van der Waals surface area contributed by atoms with E-state index in [1.54, 1.807) is 4.90 Å². The molecule has 0 radical (unpaired) electrons. The fourth-order valence-corrected chi connectivity index (χ4v) is 2.81. The summed E-state index contributed by atoms with van der Waals surface area (Å²) in [5.41, 5.74) is 1.30. The van der Waals surface area contributed by atoms with E-state index in [2.05, 4.69) is 17.4 Å². The molecule has 1 aliphatic rings. The van der Waals surface area contributed by atoms with Crippen LogP contribution in [-0.4, -0.2) is 43.6 Å². The van der Waals surface area contributed by atoms with E-state index in [-0.39, 0.29) is 18.1 Å². The van der Waals surface area contributed by atoms with Gasteiger partial charge in [-0.15, -0.1) is 0 Å². The molecule has 1 N–H and O–H groups in total. The monoisotopic (exact) mass is 290 g/mol. The van der Waals surface area contributed by atoms with Crippen LogP contribution in [0.4, 0.5) is 0 Å². The number of piperidine rings is 1. The Morgan fingerprint density at radius 2 is 1.95 bits per heavy atom. The Hall–Kier alpha value is -1.55. The number of nitrogens with zero attached hydrogens (tertiary/aromatic N) is 1. The average molecular weight is 290 g/mol. The van der Waals surface area contributed by atoms with Gasteiger partial charge in [-0.3, -0.25) is 4.79 Å². The van der Waals surface area contributed by atoms with Gasteiger partial charge in [-0.1, -0.05) is 12.1 Å². The smallest absolute Gasteiger partial charge is 0.239 e. The average Bonchev–Trinajstić information content (AvgIpc) is 2.46. The summed E-state index contributed by atoms with van der Waals surface area (Å²) in [5, 5.41) is 3.32.